The van der Waals surface area contributed by atoms with Gasteiger partial charge in [-0.3, -0.25) is 9.69 Å². The van der Waals surface area contributed by atoms with Crippen LogP contribution in [0.15, 0.2) is 0 Å². The lowest BCUT2D eigenvalue weighted by Crippen LogP contribution is -2.42. The molecular weight excluding hydrogens is 266 g/mol. The third kappa shape index (κ3) is 5.48. The zero-order valence-corrected chi connectivity index (χ0v) is 13.1. The molecule has 1 rings (SSSR count). The highest BCUT2D eigenvalue weighted by Crippen LogP contribution is 2.20. The highest BCUT2D eigenvalue weighted by molar-refractivity contribution is 7.91. The van der Waals surface area contributed by atoms with Gasteiger partial charge in [0.25, 0.3) is 0 Å². The van der Waals surface area contributed by atoms with E-state index >= 15 is 0 Å². The minimum Gasteiger partial charge on any atom is -0.459 e. The molecule has 0 aliphatic carbocycles. The number of rotatable bonds is 5. The average Bonchev–Trinajstić information content (AvgIpc) is 2.72. The highest BCUT2D eigenvalue weighted by atomic mass is 32.2. The maximum Gasteiger partial charge on any atom is 0.323 e. The normalized spacial score (nSPS) is 21.6. The Morgan fingerprint density at radius 1 is 1.37 bits per heavy atom. The molecule has 0 radical (unpaired) electrons. The SMILES string of the molecule is CCS(=O)(=O)CCN1CCC[C@H]1C(=O)OC(C)(C)C. The summed E-state index contributed by atoms with van der Waals surface area (Å²) in [5, 5.41) is 0. The number of hydrogen-bond acceptors (Lipinski definition) is 5. The van der Waals surface area contributed by atoms with Crippen molar-refractivity contribution in [3.05, 3.63) is 0 Å². The van der Waals surface area contributed by atoms with E-state index in [9.17, 15) is 13.2 Å². The third-order valence-electron chi connectivity index (χ3n) is 3.17. The van der Waals surface area contributed by atoms with Crippen LogP contribution < -0.4 is 0 Å². The molecule has 19 heavy (non-hydrogen) atoms. The molecule has 1 fully saturated rings. The molecule has 0 N–H and O–H groups in total. The fourth-order valence-electron chi connectivity index (χ4n) is 2.13. The summed E-state index contributed by atoms with van der Waals surface area (Å²) in [6.07, 6.45) is 1.66. The van der Waals surface area contributed by atoms with Gasteiger partial charge in [0.1, 0.15) is 11.6 Å². The number of hydrogen-bond donors (Lipinski definition) is 0. The lowest BCUT2D eigenvalue weighted by atomic mass is 10.1. The molecule has 112 valence electrons. The van der Waals surface area contributed by atoms with Crippen LogP contribution in [0.1, 0.15) is 40.5 Å². The Morgan fingerprint density at radius 3 is 2.53 bits per heavy atom. The lowest BCUT2D eigenvalue weighted by Gasteiger charge is -2.27. The van der Waals surface area contributed by atoms with Crippen LogP contribution in [0.4, 0.5) is 0 Å². The predicted molar refractivity (Wildman–Crippen MR) is 74.8 cm³/mol. The molecule has 1 aliphatic heterocycles. The monoisotopic (exact) mass is 291 g/mol. The highest BCUT2D eigenvalue weighted by Gasteiger charge is 2.34. The van der Waals surface area contributed by atoms with Crippen LogP contribution in [0.2, 0.25) is 0 Å². The van der Waals surface area contributed by atoms with Crippen molar-refractivity contribution in [3.63, 3.8) is 0 Å². The number of esters is 1. The van der Waals surface area contributed by atoms with E-state index < -0.39 is 15.4 Å². The molecule has 0 aromatic carbocycles. The third-order valence-corrected chi connectivity index (χ3v) is 4.86. The molecule has 1 atom stereocenters. The van der Waals surface area contributed by atoms with E-state index in [0.29, 0.717) is 6.54 Å². The van der Waals surface area contributed by atoms with Crippen molar-refractivity contribution in [2.45, 2.75) is 52.2 Å². The van der Waals surface area contributed by atoms with Crippen molar-refractivity contribution in [1.29, 1.82) is 0 Å². The summed E-state index contributed by atoms with van der Waals surface area (Å²) in [4.78, 5) is 14.0. The largest absolute Gasteiger partial charge is 0.459 e. The first-order valence-corrected chi connectivity index (χ1v) is 8.64. The second kappa shape index (κ2) is 6.22. The van der Waals surface area contributed by atoms with Crippen molar-refractivity contribution in [2.24, 2.45) is 0 Å². The van der Waals surface area contributed by atoms with E-state index in [-0.39, 0.29) is 23.5 Å². The minimum atomic E-state index is -2.99. The molecule has 0 spiro atoms. The second-order valence-corrected chi connectivity index (χ2v) is 8.44. The molecule has 0 bridgehead atoms. The quantitative estimate of drug-likeness (QED) is 0.713. The molecule has 0 aromatic rings. The van der Waals surface area contributed by atoms with E-state index in [1.54, 1.807) is 6.92 Å². The van der Waals surface area contributed by atoms with Crippen molar-refractivity contribution in [1.82, 2.24) is 4.90 Å². The Morgan fingerprint density at radius 2 is 2.00 bits per heavy atom. The zero-order valence-electron chi connectivity index (χ0n) is 12.3. The summed E-state index contributed by atoms with van der Waals surface area (Å²) in [5.74, 6) is 0.0275. The van der Waals surface area contributed by atoms with Crippen LogP contribution in [0.25, 0.3) is 0 Å². The van der Waals surface area contributed by atoms with E-state index in [2.05, 4.69) is 0 Å². The zero-order chi connectivity index (χ0) is 14.7. The number of carbonyl (C=O) groups is 1. The lowest BCUT2D eigenvalue weighted by molar-refractivity contribution is -0.160. The van der Waals surface area contributed by atoms with Crippen LogP contribution in [0, 0.1) is 0 Å². The maximum absolute atomic E-state index is 12.1. The molecular formula is C13H25NO4S. The number of ether oxygens (including phenoxy) is 1. The first kappa shape index (κ1) is 16.4. The number of carbonyl (C=O) groups excluding carboxylic acids is 1. The molecule has 0 saturated carbocycles. The smallest absolute Gasteiger partial charge is 0.323 e. The topological polar surface area (TPSA) is 63.7 Å². The fraction of sp³-hybridized carbons (Fsp3) is 0.923. The minimum absolute atomic E-state index is 0.114. The molecule has 1 aliphatic rings. The first-order valence-electron chi connectivity index (χ1n) is 6.82. The van der Waals surface area contributed by atoms with Gasteiger partial charge in [-0.05, 0) is 40.2 Å². The molecule has 6 heteroatoms. The summed E-state index contributed by atoms with van der Waals surface area (Å²) in [6, 6.07) is -0.286. The fourth-order valence-corrected chi connectivity index (χ4v) is 2.93. The number of nitrogens with zero attached hydrogens (tertiary/aromatic N) is 1. The Balaban J connectivity index is 2.57. The summed E-state index contributed by atoms with van der Waals surface area (Å²) < 4.78 is 28.4. The van der Waals surface area contributed by atoms with Gasteiger partial charge >= 0.3 is 5.97 Å². The number of likely N-dealkylation sites (tertiary alicyclic amines) is 1. The van der Waals surface area contributed by atoms with E-state index in [0.717, 1.165) is 19.4 Å². The van der Waals surface area contributed by atoms with Crippen LogP contribution in [0.5, 0.6) is 0 Å². The second-order valence-electron chi connectivity index (χ2n) is 5.96. The van der Waals surface area contributed by atoms with Crippen molar-refractivity contribution in [3.8, 4) is 0 Å². The summed E-state index contributed by atoms with van der Waals surface area (Å²) in [5.41, 5.74) is -0.499. The van der Waals surface area contributed by atoms with Crippen molar-refractivity contribution < 1.29 is 17.9 Å². The Labute approximate surface area is 116 Å². The van der Waals surface area contributed by atoms with Crippen LogP contribution in [-0.4, -0.2) is 55.5 Å². The van der Waals surface area contributed by atoms with Gasteiger partial charge < -0.3 is 4.74 Å². The molecule has 0 unspecified atom stereocenters. The van der Waals surface area contributed by atoms with Crippen LogP contribution in [-0.2, 0) is 19.4 Å². The summed E-state index contributed by atoms with van der Waals surface area (Å²) >= 11 is 0. The van der Waals surface area contributed by atoms with E-state index in [1.165, 1.54) is 0 Å². The van der Waals surface area contributed by atoms with Gasteiger partial charge in [-0.15, -0.1) is 0 Å². The van der Waals surface area contributed by atoms with Crippen LogP contribution >= 0.6 is 0 Å². The first-order chi connectivity index (χ1) is 8.64. The molecule has 0 amide bonds. The maximum atomic E-state index is 12.1. The van der Waals surface area contributed by atoms with E-state index in [4.69, 9.17) is 4.74 Å². The Hall–Kier alpha value is -0.620. The van der Waals surface area contributed by atoms with Gasteiger partial charge in [0.15, 0.2) is 9.84 Å². The van der Waals surface area contributed by atoms with Gasteiger partial charge in [-0.1, -0.05) is 6.92 Å². The standard InChI is InChI=1S/C13H25NO4S/c1-5-19(16,17)10-9-14-8-6-7-11(14)12(15)18-13(2,3)4/h11H,5-10H2,1-4H3/t11-/m0/s1. The molecule has 1 heterocycles. The van der Waals surface area contributed by atoms with Gasteiger partial charge in [0, 0.05) is 12.3 Å². The molecule has 1 saturated heterocycles. The van der Waals surface area contributed by atoms with Gasteiger partial charge in [0.2, 0.25) is 0 Å². The van der Waals surface area contributed by atoms with Gasteiger partial charge in [-0.2, -0.15) is 0 Å². The molecule has 0 aromatic heterocycles. The summed E-state index contributed by atoms with van der Waals surface area (Å²) in [6.45, 7) is 8.34. The predicted octanol–water partition coefficient (Wildman–Crippen LogP) is 1.23. The Kier molecular flexibility index (Phi) is 5.38. The number of sulfone groups is 1. The average molecular weight is 291 g/mol. The van der Waals surface area contributed by atoms with E-state index in [1.807, 2.05) is 25.7 Å². The Bertz CT molecular complexity index is 411. The van der Waals surface area contributed by atoms with Crippen LogP contribution in [0.3, 0.4) is 0 Å². The molecule has 5 nitrogen and oxygen atoms in total. The van der Waals surface area contributed by atoms with Gasteiger partial charge in [-0.25, -0.2) is 8.42 Å². The summed E-state index contributed by atoms with van der Waals surface area (Å²) in [7, 11) is -2.99. The van der Waals surface area contributed by atoms with Crippen molar-refractivity contribution in [2.75, 3.05) is 24.6 Å². The van der Waals surface area contributed by atoms with Gasteiger partial charge in [0.05, 0.1) is 5.75 Å². The van der Waals surface area contributed by atoms with Crippen molar-refractivity contribution >= 4 is 15.8 Å².